The first-order valence-corrected chi connectivity index (χ1v) is 5.85. The Kier molecular flexibility index (Phi) is 4.76. The molecule has 0 amide bonds. The average molecular weight is 263 g/mol. The highest BCUT2D eigenvalue weighted by Crippen LogP contribution is 2.26. The van der Waals surface area contributed by atoms with E-state index < -0.39 is 11.4 Å². The predicted molar refractivity (Wildman–Crippen MR) is 69.5 cm³/mol. The van der Waals surface area contributed by atoms with Crippen LogP contribution in [0.3, 0.4) is 0 Å². The third-order valence-corrected chi connectivity index (χ3v) is 2.71. The van der Waals surface area contributed by atoms with Gasteiger partial charge in [-0.05, 0) is 32.4 Å². The molecule has 0 saturated carbocycles. The second kappa shape index (κ2) is 6.10. The molecular weight excluding hydrogens is 246 g/mol. The van der Waals surface area contributed by atoms with E-state index in [0.717, 1.165) is 0 Å². The van der Waals surface area contributed by atoms with Crippen molar-refractivity contribution in [3.63, 3.8) is 0 Å². The Balaban J connectivity index is 2.81. The van der Waals surface area contributed by atoms with Crippen LogP contribution in [0.1, 0.15) is 30.6 Å². The first kappa shape index (κ1) is 14.8. The lowest BCUT2D eigenvalue weighted by Gasteiger charge is -2.16. The largest absolute Gasteiger partial charge is 0.497 e. The van der Waals surface area contributed by atoms with E-state index in [1.165, 1.54) is 19.2 Å². The quantitative estimate of drug-likeness (QED) is 0.853. The smallest absolute Gasteiger partial charge is 0.339 e. The van der Waals surface area contributed by atoms with Crippen molar-refractivity contribution < 1.29 is 19.4 Å². The van der Waals surface area contributed by atoms with Crippen LogP contribution in [0.25, 0.3) is 0 Å². The molecule has 0 saturated heterocycles. The zero-order chi connectivity index (χ0) is 14.5. The molecular formula is C14H17NO4. The number of nitrogens with zero attached hydrogens (tertiary/aromatic N) is 1. The van der Waals surface area contributed by atoms with Crippen LogP contribution in [-0.4, -0.2) is 24.8 Å². The minimum Gasteiger partial charge on any atom is -0.497 e. The molecule has 0 heterocycles. The first-order chi connectivity index (χ1) is 8.89. The Bertz CT molecular complexity index is 503. The summed E-state index contributed by atoms with van der Waals surface area (Å²) in [4.78, 5) is 11.1. The molecule has 19 heavy (non-hydrogen) atoms. The van der Waals surface area contributed by atoms with Crippen molar-refractivity contribution in [3.05, 3.63) is 23.8 Å². The molecule has 0 bridgehead atoms. The maximum absolute atomic E-state index is 11.1. The second-order valence-corrected chi connectivity index (χ2v) is 4.76. The Hall–Kier alpha value is -2.22. The Morgan fingerprint density at radius 3 is 2.68 bits per heavy atom. The lowest BCUT2D eigenvalue weighted by molar-refractivity contribution is 0.0692. The molecule has 1 N–H and O–H groups in total. The maximum atomic E-state index is 11.1. The summed E-state index contributed by atoms with van der Waals surface area (Å²) in [7, 11) is 1.50. The van der Waals surface area contributed by atoms with Crippen molar-refractivity contribution in [2.24, 2.45) is 5.41 Å². The van der Waals surface area contributed by atoms with E-state index in [-0.39, 0.29) is 17.9 Å². The highest BCUT2D eigenvalue weighted by molar-refractivity contribution is 5.91. The van der Waals surface area contributed by atoms with Crippen LogP contribution in [0.2, 0.25) is 0 Å². The van der Waals surface area contributed by atoms with E-state index >= 15 is 0 Å². The van der Waals surface area contributed by atoms with Gasteiger partial charge in [0.2, 0.25) is 0 Å². The number of benzene rings is 1. The molecule has 1 rings (SSSR count). The van der Waals surface area contributed by atoms with Gasteiger partial charge in [0.05, 0.1) is 25.2 Å². The van der Waals surface area contributed by atoms with Gasteiger partial charge in [0.15, 0.2) is 0 Å². The molecule has 5 heteroatoms. The number of carbonyl (C=O) groups is 1. The minimum absolute atomic E-state index is 0.0792. The summed E-state index contributed by atoms with van der Waals surface area (Å²) in [6, 6.07) is 6.70. The molecule has 0 atom stereocenters. The van der Waals surface area contributed by atoms with E-state index in [9.17, 15) is 4.79 Å². The van der Waals surface area contributed by atoms with E-state index in [0.29, 0.717) is 12.2 Å². The summed E-state index contributed by atoms with van der Waals surface area (Å²) in [5.41, 5.74) is -0.419. The monoisotopic (exact) mass is 263 g/mol. The molecule has 0 spiro atoms. The van der Waals surface area contributed by atoms with Gasteiger partial charge in [-0.15, -0.1) is 0 Å². The average Bonchev–Trinajstić information content (AvgIpc) is 2.38. The number of hydrogen-bond acceptors (Lipinski definition) is 4. The molecule has 5 nitrogen and oxygen atoms in total. The topological polar surface area (TPSA) is 79.6 Å². The second-order valence-electron chi connectivity index (χ2n) is 4.76. The zero-order valence-corrected chi connectivity index (χ0v) is 11.3. The van der Waals surface area contributed by atoms with Crippen LogP contribution in [0, 0.1) is 16.7 Å². The third-order valence-electron chi connectivity index (χ3n) is 2.71. The Morgan fingerprint density at radius 1 is 1.47 bits per heavy atom. The SMILES string of the molecule is COc1ccc(C(=O)O)c(OCCC(C)(C)C#N)c1. The molecule has 1 aromatic carbocycles. The van der Waals surface area contributed by atoms with Crippen LogP contribution in [-0.2, 0) is 0 Å². The fraction of sp³-hybridized carbons (Fsp3) is 0.429. The number of aromatic carboxylic acids is 1. The normalized spacial score (nSPS) is 10.6. The number of ether oxygens (including phenoxy) is 2. The number of carboxylic acid groups (broad SMARTS) is 1. The number of hydrogen-bond donors (Lipinski definition) is 1. The third kappa shape index (κ3) is 4.18. The first-order valence-electron chi connectivity index (χ1n) is 5.85. The van der Waals surface area contributed by atoms with E-state index in [1.54, 1.807) is 19.9 Å². The maximum Gasteiger partial charge on any atom is 0.339 e. The van der Waals surface area contributed by atoms with Gasteiger partial charge in [-0.2, -0.15) is 5.26 Å². The highest BCUT2D eigenvalue weighted by atomic mass is 16.5. The van der Waals surface area contributed by atoms with Gasteiger partial charge in [-0.25, -0.2) is 4.79 Å². The van der Waals surface area contributed by atoms with Crippen LogP contribution in [0.15, 0.2) is 18.2 Å². The van der Waals surface area contributed by atoms with Crippen LogP contribution in [0.4, 0.5) is 0 Å². The Labute approximate surface area is 112 Å². The number of rotatable bonds is 6. The molecule has 1 aromatic rings. The zero-order valence-electron chi connectivity index (χ0n) is 11.3. The number of methoxy groups -OCH3 is 1. The molecule has 0 fully saturated rings. The lowest BCUT2D eigenvalue weighted by atomic mass is 9.92. The summed E-state index contributed by atoms with van der Waals surface area (Å²) in [5, 5.41) is 18.0. The number of carboxylic acids is 1. The molecule has 0 radical (unpaired) electrons. The van der Waals surface area contributed by atoms with Crippen LogP contribution >= 0.6 is 0 Å². The van der Waals surface area contributed by atoms with Gasteiger partial charge < -0.3 is 14.6 Å². The lowest BCUT2D eigenvalue weighted by Crippen LogP contribution is -2.14. The van der Waals surface area contributed by atoms with Crippen molar-refractivity contribution in [2.75, 3.05) is 13.7 Å². The summed E-state index contributed by atoms with van der Waals surface area (Å²) >= 11 is 0. The summed E-state index contributed by atoms with van der Waals surface area (Å²) < 4.78 is 10.5. The highest BCUT2D eigenvalue weighted by Gasteiger charge is 2.18. The number of nitriles is 1. The molecule has 0 aliphatic heterocycles. The Morgan fingerprint density at radius 2 is 2.16 bits per heavy atom. The molecule has 0 aliphatic rings. The van der Waals surface area contributed by atoms with Crippen molar-refractivity contribution in [3.8, 4) is 17.6 Å². The van der Waals surface area contributed by atoms with Gasteiger partial charge in [0, 0.05) is 6.07 Å². The van der Waals surface area contributed by atoms with Crippen molar-refractivity contribution in [2.45, 2.75) is 20.3 Å². The van der Waals surface area contributed by atoms with Crippen molar-refractivity contribution in [1.82, 2.24) is 0 Å². The van der Waals surface area contributed by atoms with Gasteiger partial charge in [-0.3, -0.25) is 0 Å². The molecule has 0 unspecified atom stereocenters. The van der Waals surface area contributed by atoms with E-state index in [4.69, 9.17) is 19.8 Å². The summed E-state index contributed by atoms with van der Waals surface area (Å²) in [5.74, 6) is -0.280. The van der Waals surface area contributed by atoms with Crippen LogP contribution in [0.5, 0.6) is 11.5 Å². The fourth-order valence-corrected chi connectivity index (χ4v) is 1.40. The summed E-state index contributed by atoms with van der Waals surface area (Å²) in [6.07, 6.45) is 0.514. The van der Waals surface area contributed by atoms with Gasteiger partial charge in [-0.1, -0.05) is 0 Å². The molecule has 102 valence electrons. The molecule has 0 aromatic heterocycles. The van der Waals surface area contributed by atoms with Gasteiger partial charge in [0.1, 0.15) is 17.1 Å². The van der Waals surface area contributed by atoms with E-state index in [1.807, 2.05) is 0 Å². The van der Waals surface area contributed by atoms with Gasteiger partial charge in [0.25, 0.3) is 0 Å². The molecule has 0 aliphatic carbocycles. The van der Waals surface area contributed by atoms with Gasteiger partial charge >= 0.3 is 5.97 Å². The standard InChI is InChI=1S/C14H17NO4/c1-14(2,9-15)6-7-19-12-8-10(18-3)4-5-11(12)13(16)17/h4-5,8H,6-7H2,1-3H3,(H,16,17). The minimum atomic E-state index is -1.06. The predicted octanol–water partition coefficient (Wildman–Crippen LogP) is 2.71. The van der Waals surface area contributed by atoms with Crippen LogP contribution < -0.4 is 9.47 Å². The summed E-state index contributed by atoms with van der Waals surface area (Å²) in [6.45, 7) is 3.88. The van der Waals surface area contributed by atoms with Crippen molar-refractivity contribution >= 4 is 5.97 Å². The van der Waals surface area contributed by atoms with Crippen molar-refractivity contribution in [1.29, 1.82) is 5.26 Å². The fourth-order valence-electron chi connectivity index (χ4n) is 1.40. The van der Waals surface area contributed by atoms with E-state index in [2.05, 4.69) is 6.07 Å².